The molecule has 0 atom stereocenters. The molecule has 3 saturated carbocycles. The molecule has 0 radical (unpaired) electrons. The first-order valence-corrected chi connectivity index (χ1v) is 9.54. The summed E-state index contributed by atoms with van der Waals surface area (Å²) in [5, 5.41) is 3.14. The number of ketones is 1. The normalized spacial score (nSPS) is 24.6. The van der Waals surface area contributed by atoms with Crippen LogP contribution in [0.25, 0.3) is 0 Å². The number of carbonyl (C=O) groups is 2. The number of hydrogen-bond acceptors (Lipinski definition) is 4. The first-order chi connectivity index (χ1) is 13.4. The molecular formula is C21H20ClFN2O3. The van der Waals surface area contributed by atoms with E-state index < -0.39 is 5.82 Å². The zero-order chi connectivity index (χ0) is 19.8. The van der Waals surface area contributed by atoms with Crippen LogP contribution in [0.5, 0.6) is 5.75 Å². The Labute approximate surface area is 167 Å². The summed E-state index contributed by atoms with van der Waals surface area (Å²) in [6.45, 7) is -0.0930. The number of benzene rings is 1. The molecule has 1 heterocycles. The van der Waals surface area contributed by atoms with Gasteiger partial charge in [-0.05, 0) is 54.5 Å². The Hall–Kier alpha value is -2.47. The van der Waals surface area contributed by atoms with E-state index >= 15 is 0 Å². The molecule has 3 fully saturated rings. The fraction of sp³-hybridized carbons (Fsp3) is 0.381. The minimum atomic E-state index is -0.574. The van der Waals surface area contributed by atoms with Gasteiger partial charge < -0.3 is 10.1 Å². The maximum atomic E-state index is 13.4. The summed E-state index contributed by atoms with van der Waals surface area (Å²) in [6, 6.07) is 7.76. The molecule has 2 bridgehead atoms. The van der Waals surface area contributed by atoms with Crippen molar-refractivity contribution < 1.29 is 18.7 Å². The molecule has 5 rings (SSSR count). The van der Waals surface area contributed by atoms with Gasteiger partial charge in [0.1, 0.15) is 18.2 Å². The summed E-state index contributed by atoms with van der Waals surface area (Å²) >= 11 is 5.63. The van der Waals surface area contributed by atoms with Crippen molar-refractivity contribution in [1.29, 1.82) is 0 Å². The Morgan fingerprint density at radius 1 is 1.18 bits per heavy atom. The van der Waals surface area contributed by atoms with Gasteiger partial charge >= 0.3 is 0 Å². The van der Waals surface area contributed by atoms with Crippen LogP contribution >= 0.6 is 11.6 Å². The Kier molecular flexibility index (Phi) is 4.83. The van der Waals surface area contributed by atoms with Crippen molar-refractivity contribution in [2.75, 3.05) is 6.61 Å². The summed E-state index contributed by atoms with van der Waals surface area (Å²) in [6.07, 6.45) is 6.57. The van der Waals surface area contributed by atoms with Crippen LogP contribution in [0.2, 0.25) is 5.02 Å². The molecule has 146 valence electrons. The first-order valence-electron chi connectivity index (χ1n) is 9.17. The maximum Gasteiger partial charge on any atom is 0.224 e. The lowest BCUT2D eigenvalue weighted by Gasteiger charge is -2.70. The van der Waals surface area contributed by atoms with Crippen molar-refractivity contribution in [3.63, 3.8) is 0 Å². The number of amides is 1. The van der Waals surface area contributed by atoms with Crippen molar-refractivity contribution in [3.8, 4) is 5.75 Å². The minimum absolute atomic E-state index is 0.000995. The second-order valence-electron chi connectivity index (χ2n) is 7.97. The third kappa shape index (κ3) is 3.87. The van der Waals surface area contributed by atoms with Gasteiger partial charge in [-0.15, -0.1) is 0 Å². The number of carbonyl (C=O) groups excluding carboxylic acids is 2. The molecule has 1 amide bonds. The van der Waals surface area contributed by atoms with Crippen LogP contribution in [0, 0.1) is 11.2 Å². The van der Waals surface area contributed by atoms with Crippen LogP contribution in [0.3, 0.4) is 0 Å². The van der Waals surface area contributed by atoms with Crippen LogP contribution in [0.4, 0.5) is 4.39 Å². The monoisotopic (exact) mass is 402 g/mol. The van der Waals surface area contributed by atoms with Crippen molar-refractivity contribution in [1.82, 2.24) is 10.3 Å². The number of ether oxygens (including phenoxy) is 1. The lowest BCUT2D eigenvalue weighted by molar-refractivity contribution is -0.172. The van der Waals surface area contributed by atoms with Gasteiger partial charge in [-0.25, -0.2) is 4.39 Å². The van der Waals surface area contributed by atoms with Gasteiger partial charge in [0.15, 0.2) is 5.78 Å². The fourth-order valence-corrected chi connectivity index (χ4v) is 4.66. The van der Waals surface area contributed by atoms with E-state index in [1.54, 1.807) is 12.4 Å². The minimum Gasteiger partial charge on any atom is -0.486 e. The average Bonchev–Trinajstić information content (AvgIpc) is 2.60. The maximum absolute atomic E-state index is 13.4. The van der Waals surface area contributed by atoms with Crippen LogP contribution in [0.15, 0.2) is 42.7 Å². The Morgan fingerprint density at radius 2 is 1.89 bits per heavy atom. The number of Topliss-reactive ketones (excluding diaryl/α,β-unsaturated/α-hetero) is 1. The predicted octanol–water partition coefficient (Wildman–Crippen LogP) is 3.49. The highest BCUT2D eigenvalue weighted by molar-refractivity contribution is 6.30. The third-order valence-corrected chi connectivity index (χ3v) is 5.83. The summed E-state index contributed by atoms with van der Waals surface area (Å²) in [4.78, 5) is 28.4. The van der Waals surface area contributed by atoms with Crippen LogP contribution in [-0.2, 0) is 16.0 Å². The molecule has 5 nitrogen and oxygen atoms in total. The molecule has 3 aliphatic carbocycles. The van der Waals surface area contributed by atoms with E-state index in [0.29, 0.717) is 12.8 Å². The van der Waals surface area contributed by atoms with Crippen molar-refractivity contribution in [3.05, 3.63) is 59.1 Å². The van der Waals surface area contributed by atoms with E-state index in [1.165, 1.54) is 18.2 Å². The van der Waals surface area contributed by atoms with E-state index in [1.807, 2.05) is 12.1 Å². The molecule has 7 heteroatoms. The number of pyridine rings is 1. The highest BCUT2D eigenvalue weighted by atomic mass is 35.5. The highest BCUT2D eigenvalue weighted by Crippen LogP contribution is 2.69. The zero-order valence-electron chi connectivity index (χ0n) is 15.2. The van der Waals surface area contributed by atoms with Crippen LogP contribution in [0.1, 0.15) is 31.2 Å². The van der Waals surface area contributed by atoms with Gasteiger partial charge in [0, 0.05) is 30.4 Å². The van der Waals surface area contributed by atoms with E-state index in [0.717, 1.165) is 24.8 Å². The summed E-state index contributed by atoms with van der Waals surface area (Å²) in [5.74, 6) is -0.311. The molecule has 2 aromatic rings. The lowest BCUT2D eigenvalue weighted by atomic mass is 9.38. The summed E-state index contributed by atoms with van der Waals surface area (Å²) < 4.78 is 18.8. The molecule has 1 aromatic carbocycles. The van der Waals surface area contributed by atoms with Gasteiger partial charge in [0.05, 0.1) is 11.4 Å². The number of nitrogens with zero attached hydrogens (tertiary/aromatic N) is 1. The third-order valence-electron chi connectivity index (χ3n) is 5.52. The van der Waals surface area contributed by atoms with Gasteiger partial charge in [0.2, 0.25) is 5.91 Å². The van der Waals surface area contributed by atoms with E-state index in [-0.39, 0.29) is 40.0 Å². The molecule has 0 saturated heterocycles. The number of rotatable bonds is 8. The molecule has 0 unspecified atom stereocenters. The molecule has 1 N–H and O–H groups in total. The second-order valence-corrected chi connectivity index (χ2v) is 8.38. The van der Waals surface area contributed by atoms with Crippen molar-refractivity contribution >= 4 is 23.3 Å². The molecular weight excluding hydrogens is 383 g/mol. The standard InChI is InChI=1S/C21H20ClFN2O3/c22-17-2-1-16(8-18(17)23)28-10-15(26)9-20-11-21(12-20,13-20)25-19(27)7-14-3-5-24-6-4-14/h1-6,8H,7,9-13H2,(H,25,27). The highest BCUT2D eigenvalue weighted by Gasteiger charge is 2.68. The second kappa shape index (κ2) is 7.17. The van der Waals surface area contributed by atoms with E-state index in [4.69, 9.17) is 16.3 Å². The molecule has 0 spiro atoms. The van der Waals surface area contributed by atoms with Crippen molar-refractivity contribution in [2.24, 2.45) is 5.41 Å². The average molecular weight is 403 g/mol. The number of aromatic nitrogens is 1. The lowest BCUT2D eigenvalue weighted by Crippen LogP contribution is -2.75. The number of hydrogen-bond donors (Lipinski definition) is 1. The van der Waals surface area contributed by atoms with Gasteiger partial charge in [-0.3, -0.25) is 14.6 Å². The van der Waals surface area contributed by atoms with Gasteiger partial charge in [-0.1, -0.05) is 11.6 Å². The van der Waals surface area contributed by atoms with Gasteiger partial charge in [0.25, 0.3) is 0 Å². The topological polar surface area (TPSA) is 68.3 Å². The van der Waals surface area contributed by atoms with Crippen molar-refractivity contribution in [2.45, 2.75) is 37.6 Å². The number of nitrogens with one attached hydrogen (secondary N) is 1. The molecule has 1 aromatic heterocycles. The summed E-state index contributed by atoms with van der Waals surface area (Å²) in [5.41, 5.74) is 0.764. The Morgan fingerprint density at radius 3 is 2.57 bits per heavy atom. The molecule has 3 aliphatic rings. The smallest absolute Gasteiger partial charge is 0.224 e. The van der Waals surface area contributed by atoms with Crippen LogP contribution < -0.4 is 10.1 Å². The zero-order valence-corrected chi connectivity index (χ0v) is 16.0. The SMILES string of the molecule is O=C(COc1ccc(Cl)c(F)c1)CC12CC(NC(=O)Cc3ccncc3)(C1)C2. The summed E-state index contributed by atoms with van der Waals surface area (Å²) in [7, 11) is 0. The molecule has 28 heavy (non-hydrogen) atoms. The van der Waals surface area contributed by atoms with E-state index in [9.17, 15) is 14.0 Å². The fourth-order valence-electron chi connectivity index (χ4n) is 4.54. The molecule has 0 aliphatic heterocycles. The van der Waals surface area contributed by atoms with Crippen LogP contribution in [-0.4, -0.2) is 28.8 Å². The van der Waals surface area contributed by atoms with Gasteiger partial charge in [-0.2, -0.15) is 0 Å². The quantitative estimate of drug-likeness (QED) is 0.733. The first kappa shape index (κ1) is 18.9. The number of halogens is 2. The largest absolute Gasteiger partial charge is 0.486 e. The van der Waals surface area contributed by atoms with E-state index in [2.05, 4.69) is 10.3 Å². The predicted molar refractivity (Wildman–Crippen MR) is 102 cm³/mol. The Balaban J connectivity index is 1.20. The Bertz CT molecular complexity index is 899.